The van der Waals surface area contributed by atoms with E-state index < -0.39 is 0 Å². The van der Waals surface area contributed by atoms with Gasteiger partial charge in [-0.15, -0.1) is 0 Å². The summed E-state index contributed by atoms with van der Waals surface area (Å²) in [7, 11) is 0. The molecule has 0 spiro atoms. The van der Waals surface area contributed by atoms with Crippen LogP contribution >= 0.6 is 23.2 Å². The predicted octanol–water partition coefficient (Wildman–Crippen LogP) is 3.12. The molecule has 4 heteroatoms. The number of hydrogen-bond donors (Lipinski definition) is 0. The van der Waals surface area contributed by atoms with Gasteiger partial charge in [0.2, 0.25) is 5.91 Å². The molecule has 1 aliphatic heterocycles. The van der Waals surface area contributed by atoms with Gasteiger partial charge in [0.05, 0.1) is 10.0 Å². The van der Waals surface area contributed by atoms with Gasteiger partial charge in [-0.05, 0) is 24.6 Å². The number of amides is 1. The van der Waals surface area contributed by atoms with Crippen molar-refractivity contribution in [2.45, 2.75) is 12.8 Å². The summed E-state index contributed by atoms with van der Waals surface area (Å²) in [6, 6.07) is 5.26. The molecule has 14 heavy (non-hydrogen) atoms. The van der Waals surface area contributed by atoms with Crippen LogP contribution in [0.25, 0.3) is 0 Å². The lowest BCUT2D eigenvalue weighted by molar-refractivity contribution is -0.117. The highest BCUT2D eigenvalue weighted by Crippen LogP contribution is 2.29. The fraction of sp³-hybridized carbons (Fsp3) is 0.300. The molecule has 0 atom stereocenters. The van der Waals surface area contributed by atoms with E-state index in [0.29, 0.717) is 16.5 Å². The minimum absolute atomic E-state index is 0.156. The van der Waals surface area contributed by atoms with Gasteiger partial charge in [-0.2, -0.15) is 0 Å². The molecule has 0 unspecified atom stereocenters. The lowest BCUT2D eigenvalue weighted by Crippen LogP contribution is -2.23. The van der Waals surface area contributed by atoms with Gasteiger partial charge in [0, 0.05) is 18.7 Å². The molecule has 0 radical (unpaired) electrons. The number of benzene rings is 1. The Kier molecular flexibility index (Phi) is 2.66. The smallest absolute Gasteiger partial charge is 0.227 e. The second kappa shape index (κ2) is 3.79. The summed E-state index contributed by atoms with van der Waals surface area (Å²) in [6.07, 6.45) is 1.54. The molecule has 2 rings (SSSR count). The van der Waals surface area contributed by atoms with E-state index in [4.69, 9.17) is 23.2 Å². The monoisotopic (exact) mass is 229 g/mol. The van der Waals surface area contributed by atoms with Crippen molar-refractivity contribution in [2.24, 2.45) is 0 Å². The van der Waals surface area contributed by atoms with Gasteiger partial charge in [0.1, 0.15) is 0 Å². The van der Waals surface area contributed by atoms with Gasteiger partial charge < -0.3 is 4.90 Å². The molecule has 0 aromatic heterocycles. The van der Waals surface area contributed by atoms with Crippen LogP contribution in [0.15, 0.2) is 18.2 Å². The van der Waals surface area contributed by atoms with Crippen LogP contribution in [0.5, 0.6) is 0 Å². The largest absolute Gasteiger partial charge is 0.312 e. The summed E-state index contributed by atoms with van der Waals surface area (Å²) in [6.45, 7) is 0.775. The molecule has 1 aliphatic rings. The lowest BCUT2D eigenvalue weighted by Gasteiger charge is -2.15. The Bertz CT molecular complexity index is 378. The number of rotatable bonds is 1. The molecule has 0 aliphatic carbocycles. The first kappa shape index (κ1) is 9.81. The van der Waals surface area contributed by atoms with Crippen molar-refractivity contribution in [3.63, 3.8) is 0 Å². The number of carbonyl (C=O) groups excluding carboxylic acids is 1. The molecule has 0 bridgehead atoms. The second-order valence-corrected chi connectivity index (χ2v) is 4.06. The topological polar surface area (TPSA) is 20.3 Å². The normalized spacial score (nSPS) is 16.4. The first-order valence-corrected chi connectivity index (χ1v) is 5.19. The summed E-state index contributed by atoms with van der Waals surface area (Å²) < 4.78 is 0. The average Bonchev–Trinajstić information content (AvgIpc) is 2.57. The van der Waals surface area contributed by atoms with Crippen molar-refractivity contribution in [2.75, 3.05) is 11.4 Å². The Morgan fingerprint density at radius 1 is 1.21 bits per heavy atom. The summed E-state index contributed by atoms with van der Waals surface area (Å²) in [5.41, 5.74) is 0.835. The Labute approximate surface area is 92.4 Å². The van der Waals surface area contributed by atoms with Crippen molar-refractivity contribution in [1.29, 1.82) is 0 Å². The van der Waals surface area contributed by atoms with Gasteiger partial charge in [-0.3, -0.25) is 4.79 Å². The summed E-state index contributed by atoms with van der Waals surface area (Å²) in [5.74, 6) is 0.156. The lowest BCUT2D eigenvalue weighted by atomic mass is 10.3. The molecule has 2 nitrogen and oxygen atoms in total. The molecule has 0 N–H and O–H groups in total. The third-order valence-corrected chi connectivity index (χ3v) is 3.03. The maximum atomic E-state index is 11.4. The number of carbonyl (C=O) groups is 1. The molecule has 1 saturated heterocycles. The molecule has 74 valence electrons. The fourth-order valence-electron chi connectivity index (χ4n) is 1.57. The molecule has 0 saturated carbocycles. The van der Waals surface area contributed by atoms with E-state index in [-0.39, 0.29) is 5.91 Å². The van der Waals surface area contributed by atoms with Crippen molar-refractivity contribution < 1.29 is 4.79 Å². The maximum Gasteiger partial charge on any atom is 0.227 e. The Hall–Kier alpha value is -0.730. The molecular formula is C10H9Cl2NO. The van der Waals surface area contributed by atoms with E-state index in [0.717, 1.165) is 18.7 Å². The molecule has 1 aromatic rings. The third-order valence-electron chi connectivity index (χ3n) is 2.29. The van der Waals surface area contributed by atoms with Crippen LogP contribution in [0, 0.1) is 0 Å². The number of halogens is 2. The average molecular weight is 230 g/mol. The van der Waals surface area contributed by atoms with E-state index in [1.165, 1.54) is 0 Å². The molecule has 1 heterocycles. The Balaban J connectivity index is 2.32. The molecule has 1 aromatic carbocycles. The van der Waals surface area contributed by atoms with Crippen molar-refractivity contribution in [3.05, 3.63) is 28.2 Å². The Morgan fingerprint density at radius 2 is 2.00 bits per heavy atom. The zero-order valence-corrected chi connectivity index (χ0v) is 8.98. The number of nitrogens with zero attached hydrogens (tertiary/aromatic N) is 1. The molecule has 1 amide bonds. The minimum atomic E-state index is 0.156. The van der Waals surface area contributed by atoms with Crippen LogP contribution < -0.4 is 4.90 Å². The van der Waals surface area contributed by atoms with Crippen molar-refractivity contribution in [1.82, 2.24) is 0 Å². The van der Waals surface area contributed by atoms with Crippen LogP contribution in [0.2, 0.25) is 10.0 Å². The fourth-order valence-corrected chi connectivity index (χ4v) is 1.87. The Morgan fingerprint density at radius 3 is 2.57 bits per heavy atom. The van der Waals surface area contributed by atoms with Crippen LogP contribution in [0.4, 0.5) is 5.69 Å². The van der Waals surface area contributed by atoms with E-state index >= 15 is 0 Å². The highest BCUT2D eigenvalue weighted by Gasteiger charge is 2.21. The highest BCUT2D eigenvalue weighted by molar-refractivity contribution is 6.42. The highest BCUT2D eigenvalue weighted by atomic mass is 35.5. The summed E-state index contributed by atoms with van der Waals surface area (Å²) in [5, 5.41) is 1.01. The van der Waals surface area contributed by atoms with Gasteiger partial charge >= 0.3 is 0 Å². The van der Waals surface area contributed by atoms with Gasteiger partial charge in [0.25, 0.3) is 0 Å². The quantitative estimate of drug-likeness (QED) is 0.725. The summed E-state index contributed by atoms with van der Waals surface area (Å²) in [4.78, 5) is 13.2. The minimum Gasteiger partial charge on any atom is -0.312 e. The standard InChI is InChI=1S/C10H9Cl2NO/c11-8-4-3-7(6-9(8)12)13-5-1-2-10(13)14/h3-4,6H,1-2,5H2. The van der Waals surface area contributed by atoms with Crippen molar-refractivity contribution >= 4 is 34.8 Å². The van der Waals surface area contributed by atoms with Gasteiger partial charge in [-0.25, -0.2) is 0 Å². The van der Waals surface area contributed by atoms with Crippen LogP contribution in [0.1, 0.15) is 12.8 Å². The van der Waals surface area contributed by atoms with Crippen molar-refractivity contribution in [3.8, 4) is 0 Å². The first-order valence-electron chi connectivity index (χ1n) is 4.44. The van der Waals surface area contributed by atoms with Gasteiger partial charge in [-0.1, -0.05) is 23.2 Å². The molecular weight excluding hydrogens is 221 g/mol. The first-order chi connectivity index (χ1) is 6.68. The zero-order chi connectivity index (χ0) is 10.1. The third kappa shape index (κ3) is 1.72. The second-order valence-electron chi connectivity index (χ2n) is 3.25. The molecule has 1 fully saturated rings. The summed E-state index contributed by atoms with van der Waals surface area (Å²) >= 11 is 11.7. The van der Waals surface area contributed by atoms with E-state index in [2.05, 4.69) is 0 Å². The van der Waals surface area contributed by atoms with Gasteiger partial charge in [0.15, 0.2) is 0 Å². The number of hydrogen-bond acceptors (Lipinski definition) is 1. The van der Waals surface area contributed by atoms with Crippen LogP contribution in [-0.4, -0.2) is 12.5 Å². The number of anilines is 1. The van der Waals surface area contributed by atoms with E-state index in [9.17, 15) is 4.79 Å². The predicted molar refractivity (Wildman–Crippen MR) is 58.0 cm³/mol. The SMILES string of the molecule is O=C1CCCN1c1ccc(Cl)c(Cl)c1. The van der Waals surface area contributed by atoms with E-state index in [1.54, 1.807) is 17.0 Å². The van der Waals surface area contributed by atoms with Crippen LogP contribution in [0.3, 0.4) is 0 Å². The van der Waals surface area contributed by atoms with Crippen LogP contribution in [-0.2, 0) is 4.79 Å². The zero-order valence-electron chi connectivity index (χ0n) is 7.46. The van der Waals surface area contributed by atoms with E-state index in [1.807, 2.05) is 6.07 Å². The maximum absolute atomic E-state index is 11.4.